The molecule has 1 aliphatic heterocycles. The van der Waals surface area contributed by atoms with E-state index in [2.05, 4.69) is 34.4 Å². The van der Waals surface area contributed by atoms with E-state index in [0.29, 0.717) is 18.0 Å². The lowest BCUT2D eigenvalue weighted by Gasteiger charge is -2.41. The first-order chi connectivity index (χ1) is 13.4. The van der Waals surface area contributed by atoms with Gasteiger partial charge in [-0.25, -0.2) is 0 Å². The molecule has 2 N–H and O–H groups in total. The van der Waals surface area contributed by atoms with Crippen molar-refractivity contribution < 1.29 is 18.9 Å². The van der Waals surface area contributed by atoms with Crippen molar-refractivity contribution in [3.05, 3.63) is 17.7 Å². The molecule has 2 rings (SSSR count). The summed E-state index contributed by atoms with van der Waals surface area (Å²) < 4.78 is 21.7. The number of rotatable bonds is 8. The molecule has 0 saturated carbocycles. The van der Waals surface area contributed by atoms with E-state index in [-0.39, 0.29) is 5.54 Å². The fourth-order valence-corrected chi connectivity index (χ4v) is 3.21. The van der Waals surface area contributed by atoms with Crippen molar-refractivity contribution in [2.75, 3.05) is 61.2 Å². The summed E-state index contributed by atoms with van der Waals surface area (Å²) in [6, 6.07) is 3.74. The van der Waals surface area contributed by atoms with Crippen LogP contribution in [-0.2, 0) is 11.3 Å². The van der Waals surface area contributed by atoms with Gasteiger partial charge in [0.2, 0.25) is 0 Å². The molecule has 0 bridgehead atoms. The van der Waals surface area contributed by atoms with Gasteiger partial charge in [0, 0.05) is 50.4 Å². The normalized spacial score (nSPS) is 15.9. The van der Waals surface area contributed by atoms with Gasteiger partial charge in [0.05, 0.1) is 34.5 Å². The number of guanidine groups is 1. The molecule has 0 aromatic heterocycles. The summed E-state index contributed by atoms with van der Waals surface area (Å²) in [4.78, 5) is 6.78. The SMILES string of the molecule is CN=C(NCc1cc(OC)c(OC)cc1OC)NCC(C)(C)N1CCOCC1. The Morgan fingerprint density at radius 2 is 1.64 bits per heavy atom. The Morgan fingerprint density at radius 1 is 1.04 bits per heavy atom. The Hall–Kier alpha value is -2.19. The second kappa shape index (κ2) is 10.4. The summed E-state index contributed by atoms with van der Waals surface area (Å²) in [6.07, 6.45) is 0. The largest absolute Gasteiger partial charge is 0.496 e. The summed E-state index contributed by atoms with van der Waals surface area (Å²) >= 11 is 0. The van der Waals surface area contributed by atoms with E-state index < -0.39 is 0 Å². The van der Waals surface area contributed by atoms with Crippen molar-refractivity contribution in [3.63, 3.8) is 0 Å². The number of nitrogens with one attached hydrogen (secondary N) is 2. The van der Waals surface area contributed by atoms with E-state index in [4.69, 9.17) is 18.9 Å². The molecular formula is C20H34N4O4. The minimum absolute atomic E-state index is 0.00240. The minimum atomic E-state index is 0.00240. The fourth-order valence-electron chi connectivity index (χ4n) is 3.21. The zero-order valence-electron chi connectivity index (χ0n) is 17.9. The molecule has 1 heterocycles. The molecule has 0 amide bonds. The van der Waals surface area contributed by atoms with Gasteiger partial charge in [-0.05, 0) is 19.9 Å². The first kappa shape index (κ1) is 22.1. The van der Waals surface area contributed by atoms with Crippen molar-refractivity contribution in [2.24, 2.45) is 4.99 Å². The van der Waals surface area contributed by atoms with E-state index in [1.54, 1.807) is 28.4 Å². The highest BCUT2D eigenvalue weighted by molar-refractivity contribution is 5.79. The van der Waals surface area contributed by atoms with E-state index >= 15 is 0 Å². The third-order valence-electron chi connectivity index (χ3n) is 5.01. The summed E-state index contributed by atoms with van der Waals surface area (Å²) in [5.74, 6) is 2.77. The second-order valence-corrected chi connectivity index (χ2v) is 7.21. The third kappa shape index (κ3) is 5.65. The molecule has 0 spiro atoms. The van der Waals surface area contributed by atoms with E-state index in [9.17, 15) is 0 Å². The second-order valence-electron chi connectivity index (χ2n) is 7.21. The minimum Gasteiger partial charge on any atom is -0.496 e. The smallest absolute Gasteiger partial charge is 0.191 e. The van der Waals surface area contributed by atoms with E-state index in [1.165, 1.54) is 0 Å². The highest BCUT2D eigenvalue weighted by atomic mass is 16.5. The Balaban J connectivity index is 1.98. The van der Waals surface area contributed by atoms with Crippen LogP contribution in [0.4, 0.5) is 0 Å². The predicted octanol–water partition coefficient (Wildman–Crippen LogP) is 1.49. The van der Waals surface area contributed by atoms with Gasteiger partial charge in [-0.2, -0.15) is 0 Å². The van der Waals surface area contributed by atoms with Gasteiger partial charge in [-0.15, -0.1) is 0 Å². The Labute approximate surface area is 168 Å². The summed E-state index contributed by atoms with van der Waals surface area (Å²) in [5, 5.41) is 6.77. The van der Waals surface area contributed by atoms with Gasteiger partial charge < -0.3 is 29.6 Å². The molecule has 1 aromatic rings. The maximum atomic E-state index is 5.49. The van der Waals surface area contributed by atoms with Crippen molar-refractivity contribution in [3.8, 4) is 17.2 Å². The molecule has 1 aliphatic rings. The van der Waals surface area contributed by atoms with E-state index in [1.807, 2.05) is 12.1 Å². The Bertz CT molecular complexity index is 658. The molecule has 0 unspecified atom stereocenters. The number of aliphatic imine (C=N–C) groups is 1. The lowest BCUT2D eigenvalue weighted by atomic mass is 10.0. The number of hydrogen-bond acceptors (Lipinski definition) is 6. The summed E-state index contributed by atoms with van der Waals surface area (Å²) in [5.41, 5.74) is 0.957. The monoisotopic (exact) mass is 394 g/mol. The van der Waals surface area contributed by atoms with Gasteiger partial charge >= 0.3 is 0 Å². The van der Waals surface area contributed by atoms with Crippen molar-refractivity contribution in [1.82, 2.24) is 15.5 Å². The van der Waals surface area contributed by atoms with Crippen LogP contribution >= 0.6 is 0 Å². The van der Waals surface area contributed by atoms with Gasteiger partial charge in [-0.1, -0.05) is 0 Å². The highest BCUT2D eigenvalue weighted by Gasteiger charge is 2.28. The first-order valence-corrected chi connectivity index (χ1v) is 9.51. The molecule has 0 radical (unpaired) electrons. The lowest BCUT2D eigenvalue weighted by Crippen LogP contribution is -2.56. The average molecular weight is 395 g/mol. The quantitative estimate of drug-likeness (QED) is 0.511. The molecule has 1 fully saturated rings. The van der Waals surface area contributed by atoms with Crippen LogP contribution in [0, 0.1) is 0 Å². The maximum Gasteiger partial charge on any atom is 0.191 e. The summed E-state index contributed by atoms with van der Waals surface area (Å²) in [6.45, 7) is 9.25. The molecule has 1 saturated heterocycles. The molecule has 8 nitrogen and oxygen atoms in total. The predicted molar refractivity (Wildman–Crippen MR) is 111 cm³/mol. The standard InChI is InChI=1S/C20H34N4O4/c1-20(2,24-7-9-28-10-8-24)14-23-19(21-3)22-13-15-11-17(26-5)18(27-6)12-16(15)25-4/h11-12H,7-10,13-14H2,1-6H3,(H2,21,22,23). The number of ether oxygens (including phenoxy) is 4. The van der Waals surface area contributed by atoms with Crippen LogP contribution in [0.25, 0.3) is 0 Å². The van der Waals surface area contributed by atoms with Crippen molar-refractivity contribution in [2.45, 2.75) is 25.9 Å². The van der Waals surface area contributed by atoms with Crippen LogP contribution in [0.3, 0.4) is 0 Å². The number of nitrogens with zero attached hydrogens (tertiary/aromatic N) is 2. The molecule has 0 aliphatic carbocycles. The molecule has 1 aromatic carbocycles. The molecule has 0 atom stereocenters. The molecule has 158 valence electrons. The van der Waals surface area contributed by atoms with Crippen LogP contribution in [0.2, 0.25) is 0 Å². The van der Waals surface area contributed by atoms with Crippen molar-refractivity contribution >= 4 is 5.96 Å². The number of methoxy groups -OCH3 is 3. The van der Waals surface area contributed by atoms with Crippen LogP contribution in [-0.4, -0.2) is 77.6 Å². The molecular weight excluding hydrogens is 360 g/mol. The van der Waals surface area contributed by atoms with Gasteiger partial charge in [-0.3, -0.25) is 9.89 Å². The maximum absolute atomic E-state index is 5.49. The Morgan fingerprint density at radius 3 is 2.21 bits per heavy atom. The lowest BCUT2D eigenvalue weighted by molar-refractivity contribution is -0.00834. The van der Waals surface area contributed by atoms with Crippen LogP contribution in [0.1, 0.15) is 19.4 Å². The van der Waals surface area contributed by atoms with E-state index in [0.717, 1.165) is 50.1 Å². The van der Waals surface area contributed by atoms with Gasteiger partial charge in [0.1, 0.15) is 5.75 Å². The van der Waals surface area contributed by atoms with Crippen molar-refractivity contribution in [1.29, 1.82) is 0 Å². The zero-order chi connectivity index (χ0) is 20.6. The van der Waals surface area contributed by atoms with Crippen LogP contribution in [0.15, 0.2) is 17.1 Å². The third-order valence-corrected chi connectivity index (χ3v) is 5.01. The topological polar surface area (TPSA) is 76.6 Å². The summed E-state index contributed by atoms with van der Waals surface area (Å²) in [7, 11) is 6.64. The first-order valence-electron chi connectivity index (χ1n) is 9.51. The molecule has 8 heteroatoms. The van der Waals surface area contributed by atoms with Crippen LogP contribution in [0.5, 0.6) is 17.2 Å². The Kier molecular flexibility index (Phi) is 8.19. The number of hydrogen-bond donors (Lipinski definition) is 2. The number of benzene rings is 1. The fraction of sp³-hybridized carbons (Fsp3) is 0.650. The highest BCUT2D eigenvalue weighted by Crippen LogP contribution is 2.34. The van der Waals surface area contributed by atoms with Gasteiger partial charge in [0.25, 0.3) is 0 Å². The average Bonchev–Trinajstić information content (AvgIpc) is 2.73. The molecule has 28 heavy (non-hydrogen) atoms. The van der Waals surface area contributed by atoms with Crippen LogP contribution < -0.4 is 24.8 Å². The van der Waals surface area contributed by atoms with Gasteiger partial charge in [0.15, 0.2) is 17.5 Å². The number of morpholine rings is 1. The zero-order valence-corrected chi connectivity index (χ0v) is 17.9.